The van der Waals surface area contributed by atoms with Gasteiger partial charge in [-0.05, 0) is 29.8 Å². The fourth-order valence-corrected chi connectivity index (χ4v) is 3.64. The Balaban J connectivity index is 1.42. The molecule has 2 aliphatic heterocycles. The zero-order valence-corrected chi connectivity index (χ0v) is 15.5. The SMILES string of the molecule is CN1C(=O)[C@@H](N)COc2ccc(CN3CCN(c4ccncc4)CC3)cc21. The summed E-state index contributed by atoms with van der Waals surface area (Å²) in [5, 5.41) is 0. The molecule has 2 aromatic rings. The number of ether oxygens (including phenoxy) is 1. The number of aromatic nitrogens is 1. The van der Waals surface area contributed by atoms with Crippen LogP contribution in [0.2, 0.25) is 0 Å². The van der Waals surface area contributed by atoms with Crippen molar-refractivity contribution in [3.8, 4) is 5.75 Å². The lowest BCUT2D eigenvalue weighted by Gasteiger charge is -2.36. The standard InChI is InChI=1S/C20H25N5O2/c1-23-18-12-15(2-3-19(18)27-14-17(21)20(23)26)13-24-8-10-25(11-9-24)16-4-6-22-7-5-16/h2-7,12,17H,8-11,13-14,21H2,1H3/t17-/m0/s1. The minimum Gasteiger partial charge on any atom is -0.489 e. The molecule has 0 aliphatic carbocycles. The topological polar surface area (TPSA) is 74.9 Å². The van der Waals surface area contributed by atoms with Crippen LogP contribution in [0.15, 0.2) is 42.7 Å². The van der Waals surface area contributed by atoms with Crippen LogP contribution in [0.4, 0.5) is 11.4 Å². The maximum Gasteiger partial charge on any atom is 0.247 e. The van der Waals surface area contributed by atoms with E-state index in [0.29, 0.717) is 5.75 Å². The molecule has 0 saturated carbocycles. The van der Waals surface area contributed by atoms with Gasteiger partial charge in [-0.1, -0.05) is 6.07 Å². The van der Waals surface area contributed by atoms with Crippen molar-refractivity contribution in [1.29, 1.82) is 0 Å². The zero-order valence-electron chi connectivity index (χ0n) is 15.5. The second kappa shape index (κ2) is 7.54. The number of anilines is 2. The van der Waals surface area contributed by atoms with E-state index in [0.717, 1.165) is 38.4 Å². The Bertz CT molecular complexity index is 805. The van der Waals surface area contributed by atoms with E-state index in [1.807, 2.05) is 24.5 Å². The van der Waals surface area contributed by atoms with Crippen LogP contribution in [0.5, 0.6) is 5.75 Å². The molecular weight excluding hydrogens is 342 g/mol. The first-order valence-corrected chi connectivity index (χ1v) is 9.28. The summed E-state index contributed by atoms with van der Waals surface area (Å²) in [6.07, 6.45) is 3.67. The number of nitrogens with two attached hydrogens (primary N) is 1. The third-order valence-electron chi connectivity index (χ3n) is 5.26. The van der Waals surface area contributed by atoms with Gasteiger partial charge in [0.25, 0.3) is 0 Å². The van der Waals surface area contributed by atoms with Crippen LogP contribution in [0.1, 0.15) is 5.56 Å². The lowest BCUT2D eigenvalue weighted by molar-refractivity contribution is -0.119. The number of rotatable bonds is 3. The molecule has 0 radical (unpaired) electrons. The lowest BCUT2D eigenvalue weighted by atomic mass is 10.1. The van der Waals surface area contributed by atoms with Crippen LogP contribution in [0, 0.1) is 0 Å². The van der Waals surface area contributed by atoms with Crippen molar-refractivity contribution in [1.82, 2.24) is 9.88 Å². The predicted octanol–water partition coefficient (Wildman–Crippen LogP) is 1.09. The van der Waals surface area contributed by atoms with Crippen LogP contribution in [0.25, 0.3) is 0 Å². The van der Waals surface area contributed by atoms with Gasteiger partial charge in [-0.15, -0.1) is 0 Å². The molecule has 1 atom stereocenters. The normalized spacial score (nSPS) is 20.8. The second-order valence-electron chi connectivity index (χ2n) is 7.09. The Morgan fingerprint density at radius 2 is 1.89 bits per heavy atom. The molecule has 142 valence electrons. The average Bonchev–Trinajstić information content (AvgIpc) is 2.82. The zero-order chi connectivity index (χ0) is 18.8. The molecule has 3 heterocycles. The van der Waals surface area contributed by atoms with Crippen LogP contribution in [0.3, 0.4) is 0 Å². The van der Waals surface area contributed by atoms with E-state index >= 15 is 0 Å². The minimum atomic E-state index is -0.618. The van der Waals surface area contributed by atoms with Gasteiger partial charge in [-0.3, -0.25) is 14.7 Å². The predicted molar refractivity (Wildman–Crippen MR) is 105 cm³/mol. The van der Waals surface area contributed by atoms with Gasteiger partial charge in [0.1, 0.15) is 18.4 Å². The van der Waals surface area contributed by atoms with Gasteiger partial charge in [0.15, 0.2) is 0 Å². The number of nitrogens with zero attached hydrogens (tertiary/aromatic N) is 4. The van der Waals surface area contributed by atoms with Crippen molar-refractivity contribution >= 4 is 17.3 Å². The van der Waals surface area contributed by atoms with E-state index in [1.165, 1.54) is 11.3 Å². The first-order chi connectivity index (χ1) is 13.1. The molecule has 0 unspecified atom stereocenters. The van der Waals surface area contributed by atoms with Crippen LogP contribution >= 0.6 is 0 Å². The van der Waals surface area contributed by atoms with Crippen molar-refractivity contribution in [2.24, 2.45) is 5.73 Å². The number of pyridine rings is 1. The maximum atomic E-state index is 12.3. The van der Waals surface area contributed by atoms with E-state index < -0.39 is 6.04 Å². The molecule has 2 N–H and O–H groups in total. The molecule has 0 bridgehead atoms. The summed E-state index contributed by atoms with van der Waals surface area (Å²) in [5.74, 6) is 0.599. The fourth-order valence-electron chi connectivity index (χ4n) is 3.64. The first-order valence-electron chi connectivity index (χ1n) is 9.28. The van der Waals surface area contributed by atoms with Crippen LogP contribution < -0.4 is 20.3 Å². The molecule has 4 rings (SSSR count). The molecule has 1 fully saturated rings. The monoisotopic (exact) mass is 367 g/mol. The quantitative estimate of drug-likeness (QED) is 0.875. The molecule has 7 heteroatoms. The van der Waals surface area contributed by atoms with Crippen molar-refractivity contribution in [2.75, 3.05) is 49.6 Å². The highest BCUT2D eigenvalue weighted by molar-refractivity contribution is 5.98. The van der Waals surface area contributed by atoms with Gasteiger partial charge >= 0.3 is 0 Å². The van der Waals surface area contributed by atoms with Gasteiger partial charge in [0.05, 0.1) is 5.69 Å². The van der Waals surface area contributed by atoms with E-state index in [9.17, 15) is 4.79 Å². The number of carbonyl (C=O) groups excluding carboxylic acids is 1. The smallest absolute Gasteiger partial charge is 0.247 e. The highest BCUT2D eigenvalue weighted by Crippen LogP contribution is 2.32. The summed E-state index contributed by atoms with van der Waals surface area (Å²) in [7, 11) is 1.76. The Morgan fingerprint density at radius 3 is 2.63 bits per heavy atom. The number of hydrogen-bond donors (Lipinski definition) is 1. The number of carbonyl (C=O) groups is 1. The third kappa shape index (κ3) is 3.74. The van der Waals surface area contributed by atoms with Gasteiger partial charge in [0, 0.05) is 57.9 Å². The highest BCUT2D eigenvalue weighted by atomic mass is 16.5. The Labute approximate surface area is 159 Å². The van der Waals surface area contributed by atoms with Crippen molar-refractivity contribution in [3.63, 3.8) is 0 Å². The fraction of sp³-hybridized carbons (Fsp3) is 0.400. The summed E-state index contributed by atoms with van der Waals surface area (Å²) in [6, 6.07) is 9.55. The lowest BCUT2D eigenvalue weighted by Crippen LogP contribution is -2.46. The van der Waals surface area contributed by atoms with Crippen molar-refractivity contribution in [3.05, 3.63) is 48.3 Å². The highest BCUT2D eigenvalue weighted by Gasteiger charge is 2.27. The summed E-state index contributed by atoms with van der Waals surface area (Å²) in [6.45, 7) is 5.04. The van der Waals surface area contributed by atoms with Crippen molar-refractivity contribution in [2.45, 2.75) is 12.6 Å². The first kappa shape index (κ1) is 17.8. The van der Waals surface area contributed by atoms with Gasteiger partial charge in [-0.25, -0.2) is 0 Å². The van der Waals surface area contributed by atoms with E-state index in [1.54, 1.807) is 11.9 Å². The molecule has 7 nitrogen and oxygen atoms in total. The summed E-state index contributed by atoms with van der Waals surface area (Å²) >= 11 is 0. The summed E-state index contributed by atoms with van der Waals surface area (Å²) in [5.41, 5.74) is 9.05. The molecule has 1 saturated heterocycles. The minimum absolute atomic E-state index is 0.114. The number of piperazine rings is 1. The van der Waals surface area contributed by atoms with E-state index in [-0.39, 0.29) is 12.5 Å². The van der Waals surface area contributed by atoms with Crippen molar-refractivity contribution < 1.29 is 9.53 Å². The largest absolute Gasteiger partial charge is 0.489 e. The van der Waals surface area contributed by atoms with E-state index in [2.05, 4.69) is 33.0 Å². The molecule has 2 aliphatic rings. The molecule has 0 spiro atoms. The molecule has 27 heavy (non-hydrogen) atoms. The third-order valence-corrected chi connectivity index (χ3v) is 5.26. The maximum absolute atomic E-state index is 12.3. The molecule has 1 aromatic heterocycles. The second-order valence-corrected chi connectivity index (χ2v) is 7.09. The Morgan fingerprint density at radius 1 is 1.15 bits per heavy atom. The summed E-state index contributed by atoms with van der Waals surface area (Å²) < 4.78 is 5.70. The van der Waals surface area contributed by atoms with Gasteiger partial charge in [-0.2, -0.15) is 0 Å². The number of benzene rings is 1. The Kier molecular flexibility index (Phi) is 4.96. The summed E-state index contributed by atoms with van der Waals surface area (Å²) in [4.78, 5) is 22.8. The number of fused-ring (bicyclic) bond motifs is 1. The number of amides is 1. The number of likely N-dealkylation sites (N-methyl/N-ethyl adjacent to an activating group) is 1. The van der Waals surface area contributed by atoms with Crippen LogP contribution in [-0.2, 0) is 11.3 Å². The van der Waals surface area contributed by atoms with Gasteiger partial charge in [0.2, 0.25) is 5.91 Å². The van der Waals surface area contributed by atoms with Gasteiger partial charge < -0.3 is 20.3 Å². The average molecular weight is 367 g/mol. The van der Waals surface area contributed by atoms with E-state index in [4.69, 9.17) is 10.5 Å². The Hall–Kier alpha value is -2.64. The molecular formula is C20H25N5O2. The molecule has 1 amide bonds. The molecule has 1 aromatic carbocycles. The van der Waals surface area contributed by atoms with Crippen LogP contribution in [-0.4, -0.2) is 61.7 Å². The number of hydrogen-bond acceptors (Lipinski definition) is 6.